The maximum absolute atomic E-state index is 5.75. The van der Waals surface area contributed by atoms with Gasteiger partial charge >= 0.3 is 0 Å². The van der Waals surface area contributed by atoms with E-state index in [0.29, 0.717) is 12.0 Å². The minimum atomic E-state index is 0. The van der Waals surface area contributed by atoms with Crippen LogP contribution < -0.4 is 15.5 Å². The van der Waals surface area contributed by atoms with Gasteiger partial charge in [-0.25, -0.2) is 0 Å². The number of anilines is 1. The Balaban J connectivity index is 0.00000341. The fourth-order valence-electron chi connectivity index (χ4n) is 4.28. The molecule has 1 unspecified atom stereocenters. The standard InChI is InChI=1S/C24H40N4O2.HI/c1-25-24(26-14-6-15-29-18-21-13-16-30-19-21)27-17-20-9-11-23(12-10-20)28(2)22-7-4-3-5-8-22;/h9-12,21-22H,3-8,13-19H2,1-2H3,(H2,25,26,27);1H. The van der Waals surface area contributed by atoms with E-state index in [-0.39, 0.29) is 24.0 Å². The summed E-state index contributed by atoms with van der Waals surface area (Å²) in [5.41, 5.74) is 2.58. The van der Waals surface area contributed by atoms with E-state index < -0.39 is 0 Å². The van der Waals surface area contributed by atoms with Crippen LogP contribution in [0.1, 0.15) is 50.5 Å². The van der Waals surface area contributed by atoms with Crippen LogP contribution in [0.3, 0.4) is 0 Å². The zero-order chi connectivity index (χ0) is 21.0. The van der Waals surface area contributed by atoms with Crippen molar-refractivity contribution in [1.29, 1.82) is 0 Å². The molecule has 2 aliphatic rings. The Morgan fingerprint density at radius 2 is 1.90 bits per heavy atom. The van der Waals surface area contributed by atoms with Crippen LogP contribution in [0.4, 0.5) is 5.69 Å². The second-order valence-corrected chi connectivity index (χ2v) is 8.58. The van der Waals surface area contributed by atoms with Crippen molar-refractivity contribution < 1.29 is 9.47 Å². The lowest BCUT2D eigenvalue weighted by molar-refractivity contribution is 0.0888. The lowest BCUT2D eigenvalue weighted by Crippen LogP contribution is -2.37. The van der Waals surface area contributed by atoms with Gasteiger partial charge in [0.05, 0.1) is 13.2 Å². The minimum absolute atomic E-state index is 0. The molecule has 7 heteroatoms. The molecule has 0 amide bonds. The predicted molar refractivity (Wildman–Crippen MR) is 140 cm³/mol. The van der Waals surface area contributed by atoms with E-state index in [1.54, 1.807) is 0 Å². The Morgan fingerprint density at radius 3 is 2.58 bits per heavy atom. The van der Waals surface area contributed by atoms with E-state index in [1.165, 1.54) is 43.4 Å². The van der Waals surface area contributed by atoms with Gasteiger partial charge in [-0.05, 0) is 43.4 Å². The summed E-state index contributed by atoms with van der Waals surface area (Å²) in [4.78, 5) is 6.78. The first-order chi connectivity index (χ1) is 14.8. The highest BCUT2D eigenvalue weighted by molar-refractivity contribution is 14.0. The van der Waals surface area contributed by atoms with Crippen molar-refractivity contribution >= 4 is 35.6 Å². The monoisotopic (exact) mass is 544 g/mol. The van der Waals surface area contributed by atoms with Crippen LogP contribution in [-0.4, -0.2) is 59.1 Å². The first-order valence-corrected chi connectivity index (χ1v) is 11.7. The predicted octanol–water partition coefficient (Wildman–Crippen LogP) is 4.18. The van der Waals surface area contributed by atoms with Gasteiger partial charge in [0.25, 0.3) is 0 Å². The third-order valence-electron chi connectivity index (χ3n) is 6.29. The molecule has 0 spiro atoms. The van der Waals surface area contributed by atoms with Gasteiger partial charge in [-0.2, -0.15) is 0 Å². The highest BCUT2D eigenvalue weighted by Gasteiger charge is 2.18. The van der Waals surface area contributed by atoms with Crippen molar-refractivity contribution in [2.45, 2.75) is 57.5 Å². The smallest absolute Gasteiger partial charge is 0.191 e. The summed E-state index contributed by atoms with van der Waals surface area (Å²) in [5, 5.41) is 6.77. The van der Waals surface area contributed by atoms with Gasteiger partial charge in [-0.1, -0.05) is 31.4 Å². The summed E-state index contributed by atoms with van der Waals surface area (Å²) in [6.45, 7) is 4.96. The average molecular weight is 545 g/mol. The molecule has 2 fully saturated rings. The zero-order valence-corrected chi connectivity index (χ0v) is 21.6. The van der Waals surface area contributed by atoms with Gasteiger partial charge in [0.2, 0.25) is 0 Å². The molecular formula is C24H41IN4O2. The molecule has 0 bridgehead atoms. The number of benzene rings is 1. The largest absolute Gasteiger partial charge is 0.381 e. The van der Waals surface area contributed by atoms with Crippen LogP contribution in [0.2, 0.25) is 0 Å². The normalized spacial score (nSPS) is 19.7. The van der Waals surface area contributed by atoms with Crippen molar-refractivity contribution in [3.8, 4) is 0 Å². The number of halogens is 1. The first-order valence-electron chi connectivity index (χ1n) is 11.7. The number of nitrogens with one attached hydrogen (secondary N) is 2. The van der Waals surface area contributed by atoms with E-state index >= 15 is 0 Å². The molecule has 3 rings (SSSR count). The topological polar surface area (TPSA) is 58.1 Å². The van der Waals surface area contributed by atoms with Gasteiger partial charge in [0.1, 0.15) is 0 Å². The Labute approximate surface area is 205 Å². The Kier molecular flexibility index (Phi) is 12.6. The second kappa shape index (κ2) is 14.9. The van der Waals surface area contributed by atoms with Crippen molar-refractivity contribution in [3.05, 3.63) is 29.8 Å². The fourth-order valence-corrected chi connectivity index (χ4v) is 4.28. The Bertz CT molecular complexity index is 629. The van der Waals surface area contributed by atoms with Gasteiger partial charge in [0.15, 0.2) is 5.96 Å². The van der Waals surface area contributed by atoms with E-state index in [1.807, 2.05) is 7.05 Å². The Hall–Kier alpha value is -1.06. The third-order valence-corrected chi connectivity index (χ3v) is 6.29. The van der Waals surface area contributed by atoms with Gasteiger partial charge in [-0.3, -0.25) is 4.99 Å². The quantitative estimate of drug-likeness (QED) is 0.200. The summed E-state index contributed by atoms with van der Waals surface area (Å²) in [6.07, 6.45) is 8.87. The van der Waals surface area contributed by atoms with E-state index in [2.05, 4.69) is 51.8 Å². The molecule has 31 heavy (non-hydrogen) atoms. The average Bonchev–Trinajstić information content (AvgIpc) is 3.32. The molecule has 0 radical (unpaired) electrons. The van der Waals surface area contributed by atoms with E-state index in [9.17, 15) is 0 Å². The lowest BCUT2D eigenvalue weighted by atomic mass is 9.94. The summed E-state index contributed by atoms with van der Waals surface area (Å²) in [6, 6.07) is 9.62. The molecule has 176 valence electrons. The highest BCUT2D eigenvalue weighted by Crippen LogP contribution is 2.26. The van der Waals surface area contributed by atoms with E-state index in [0.717, 1.165) is 58.3 Å². The van der Waals surface area contributed by atoms with Gasteiger partial charge in [-0.15, -0.1) is 24.0 Å². The van der Waals surface area contributed by atoms with Crippen LogP contribution in [-0.2, 0) is 16.0 Å². The number of rotatable bonds is 10. The molecular weight excluding hydrogens is 503 g/mol. The molecule has 2 N–H and O–H groups in total. The van der Waals surface area contributed by atoms with Gasteiger partial charge < -0.3 is 25.0 Å². The molecule has 0 aromatic heterocycles. The number of aliphatic imine (C=N–C) groups is 1. The van der Waals surface area contributed by atoms with Crippen LogP contribution in [0, 0.1) is 5.92 Å². The van der Waals surface area contributed by atoms with Crippen molar-refractivity contribution in [1.82, 2.24) is 10.6 Å². The van der Waals surface area contributed by atoms with Crippen LogP contribution in [0.15, 0.2) is 29.3 Å². The minimum Gasteiger partial charge on any atom is -0.381 e. The van der Waals surface area contributed by atoms with Crippen LogP contribution in [0.25, 0.3) is 0 Å². The molecule has 1 atom stereocenters. The summed E-state index contributed by atoms with van der Waals surface area (Å²) < 4.78 is 11.1. The number of nitrogens with zero attached hydrogens (tertiary/aromatic N) is 2. The van der Waals surface area contributed by atoms with Crippen molar-refractivity contribution in [2.75, 3.05) is 52.0 Å². The maximum Gasteiger partial charge on any atom is 0.191 e. The molecule has 1 aliphatic carbocycles. The molecule has 1 heterocycles. The highest BCUT2D eigenvalue weighted by atomic mass is 127. The van der Waals surface area contributed by atoms with Gasteiger partial charge in [0, 0.05) is 58.0 Å². The second-order valence-electron chi connectivity index (χ2n) is 8.58. The molecule has 1 aliphatic heterocycles. The van der Waals surface area contributed by atoms with Crippen LogP contribution >= 0.6 is 24.0 Å². The zero-order valence-electron chi connectivity index (χ0n) is 19.3. The van der Waals surface area contributed by atoms with Crippen LogP contribution in [0.5, 0.6) is 0 Å². The molecule has 1 aromatic rings. The fraction of sp³-hybridized carbons (Fsp3) is 0.708. The first kappa shape index (κ1) is 26.2. The lowest BCUT2D eigenvalue weighted by Gasteiger charge is -2.33. The SMILES string of the molecule is CN=C(NCCCOCC1CCOC1)NCc1ccc(N(C)C2CCCCC2)cc1.I. The summed E-state index contributed by atoms with van der Waals surface area (Å²) in [7, 11) is 4.05. The molecule has 1 saturated carbocycles. The number of hydrogen-bond donors (Lipinski definition) is 2. The number of hydrogen-bond acceptors (Lipinski definition) is 4. The molecule has 1 saturated heterocycles. The van der Waals surface area contributed by atoms with E-state index in [4.69, 9.17) is 9.47 Å². The Morgan fingerprint density at radius 1 is 1.13 bits per heavy atom. The van der Waals surface area contributed by atoms with Crippen molar-refractivity contribution in [3.63, 3.8) is 0 Å². The van der Waals surface area contributed by atoms with Crippen molar-refractivity contribution in [2.24, 2.45) is 10.9 Å². The summed E-state index contributed by atoms with van der Waals surface area (Å²) >= 11 is 0. The number of ether oxygens (including phenoxy) is 2. The summed E-state index contributed by atoms with van der Waals surface area (Å²) in [5.74, 6) is 1.42. The third kappa shape index (κ3) is 9.14. The molecule has 6 nitrogen and oxygen atoms in total. The molecule has 1 aromatic carbocycles. The maximum atomic E-state index is 5.75. The number of guanidine groups is 1.